The lowest BCUT2D eigenvalue weighted by Gasteiger charge is -2.21. The average Bonchev–Trinajstić information content (AvgIpc) is 2.71. The Morgan fingerprint density at radius 2 is 2.00 bits per heavy atom. The third kappa shape index (κ3) is 2.41. The summed E-state index contributed by atoms with van der Waals surface area (Å²) in [7, 11) is 0. The molecule has 5 heteroatoms. The lowest BCUT2D eigenvalue weighted by atomic mass is 10.1. The number of nitrogens with zero attached hydrogens (tertiary/aromatic N) is 4. The lowest BCUT2D eigenvalue weighted by molar-refractivity contribution is 0.357. The molecule has 0 saturated heterocycles. The van der Waals surface area contributed by atoms with Crippen molar-refractivity contribution in [2.45, 2.75) is 38.3 Å². The molecule has 0 aliphatic rings. The molecule has 0 amide bonds. The Morgan fingerprint density at radius 1 is 1.28 bits per heavy atom. The molecule has 0 aliphatic heterocycles. The van der Waals surface area contributed by atoms with Crippen LogP contribution < -0.4 is 0 Å². The molecule has 0 saturated carbocycles. The average molecular weight is 262 g/mol. The zero-order valence-electron chi connectivity index (χ0n) is 11.4. The third-order valence-corrected chi connectivity index (χ3v) is 3.27. The monoisotopic (exact) mass is 262 g/mol. The van der Waals surface area contributed by atoms with Crippen LogP contribution >= 0.6 is 11.8 Å². The molecule has 2 aromatic rings. The first kappa shape index (κ1) is 13.1. The van der Waals surface area contributed by atoms with Gasteiger partial charge in [-0.15, -0.1) is 11.8 Å². The Balaban J connectivity index is 2.64. The predicted octanol–water partition coefficient (Wildman–Crippen LogP) is 3.13. The van der Waals surface area contributed by atoms with Crippen molar-refractivity contribution in [2.24, 2.45) is 0 Å². The Labute approximate surface area is 112 Å². The van der Waals surface area contributed by atoms with Gasteiger partial charge in [-0.25, -0.2) is 14.6 Å². The van der Waals surface area contributed by atoms with Gasteiger partial charge in [0.1, 0.15) is 10.9 Å². The van der Waals surface area contributed by atoms with Crippen LogP contribution in [0.1, 0.15) is 26.6 Å². The summed E-state index contributed by atoms with van der Waals surface area (Å²) in [5, 5.41) is 5.48. The first-order valence-corrected chi connectivity index (χ1v) is 7.09. The van der Waals surface area contributed by atoms with E-state index in [1.165, 1.54) is 0 Å². The van der Waals surface area contributed by atoms with Crippen molar-refractivity contribution < 1.29 is 0 Å². The van der Waals surface area contributed by atoms with Gasteiger partial charge >= 0.3 is 0 Å². The van der Waals surface area contributed by atoms with E-state index in [0.29, 0.717) is 0 Å². The van der Waals surface area contributed by atoms with Crippen LogP contribution in [0.15, 0.2) is 23.4 Å². The molecule has 2 aromatic heterocycles. The highest BCUT2D eigenvalue weighted by Gasteiger charge is 2.22. The van der Waals surface area contributed by atoms with Gasteiger partial charge in [0.25, 0.3) is 0 Å². The zero-order valence-corrected chi connectivity index (χ0v) is 12.2. The van der Waals surface area contributed by atoms with Gasteiger partial charge in [0.15, 0.2) is 5.82 Å². The van der Waals surface area contributed by atoms with Crippen LogP contribution in [0.4, 0.5) is 0 Å². The van der Waals surface area contributed by atoms with E-state index in [9.17, 15) is 0 Å². The Bertz CT molecular complexity index is 554. The highest BCUT2D eigenvalue weighted by Crippen LogP contribution is 2.29. The van der Waals surface area contributed by atoms with Gasteiger partial charge in [-0.05, 0) is 46.1 Å². The van der Waals surface area contributed by atoms with Crippen LogP contribution in [-0.2, 0) is 5.54 Å². The molecule has 0 fully saturated rings. The van der Waals surface area contributed by atoms with Crippen molar-refractivity contribution in [2.75, 3.05) is 6.26 Å². The smallest absolute Gasteiger partial charge is 0.161 e. The molecule has 96 valence electrons. The fourth-order valence-corrected chi connectivity index (χ4v) is 2.33. The van der Waals surface area contributed by atoms with Crippen molar-refractivity contribution >= 4 is 11.8 Å². The van der Waals surface area contributed by atoms with E-state index in [0.717, 1.165) is 22.2 Å². The summed E-state index contributed by atoms with van der Waals surface area (Å²) in [6.45, 7) is 8.29. The van der Waals surface area contributed by atoms with Crippen molar-refractivity contribution in [3.05, 3.63) is 24.2 Å². The van der Waals surface area contributed by atoms with Gasteiger partial charge < -0.3 is 0 Å². The minimum atomic E-state index is -0.0951. The summed E-state index contributed by atoms with van der Waals surface area (Å²) < 4.78 is 1.97. The molecule has 2 rings (SSSR count). The normalized spacial score (nSPS) is 11.8. The number of aromatic nitrogens is 4. The van der Waals surface area contributed by atoms with E-state index in [2.05, 4.69) is 35.8 Å². The molecule has 0 aliphatic carbocycles. The van der Waals surface area contributed by atoms with Gasteiger partial charge in [0, 0.05) is 6.20 Å². The summed E-state index contributed by atoms with van der Waals surface area (Å²) in [5.74, 6) is 1.67. The first-order valence-electron chi connectivity index (χ1n) is 5.87. The van der Waals surface area contributed by atoms with E-state index in [-0.39, 0.29) is 5.54 Å². The van der Waals surface area contributed by atoms with E-state index in [1.54, 1.807) is 18.0 Å². The molecule has 0 atom stereocenters. The summed E-state index contributed by atoms with van der Waals surface area (Å²) in [4.78, 5) is 8.94. The number of aryl methyl sites for hydroxylation is 1. The maximum Gasteiger partial charge on any atom is 0.161 e. The molecular formula is C13H18N4S. The van der Waals surface area contributed by atoms with Crippen LogP contribution in [0.25, 0.3) is 11.4 Å². The Hall–Kier alpha value is -1.36. The summed E-state index contributed by atoms with van der Waals surface area (Å²) in [6, 6.07) is 3.98. The minimum Gasteiger partial charge on any atom is -0.249 e. The highest BCUT2D eigenvalue weighted by atomic mass is 32.2. The van der Waals surface area contributed by atoms with Crippen LogP contribution in [0.5, 0.6) is 0 Å². The quantitative estimate of drug-likeness (QED) is 0.780. The number of pyridine rings is 1. The molecule has 0 unspecified atom stereocenters. The largest absolute Gasteiger partial charge is 0.249 e. The number of hydrogen-bond acceptors (Lipinski definition) is 4. The molecule has 0 spiro atoms. The number of rotatable bonds is 2. The maximum atomic E-state index is 4.55. The van der Waals surface area contributed by atoms with Crippen molar-refractivity contribution in [3.8, 4) is 11.4 Å². The number of hydrogen-bond donors (Lipinski definition) is 0. The highest BCUT2D eigenvalue weighted by molar-refractivity contribution is 7.98. The van der Waals surface area contributed by atoms with Crippen molar-refractivity contribution in [1.82, 2.24) is 19.7 Å². The van der Waals surface area contributed by atoms with Gasteiger partial charge in [-0.1, -0.05) is 0 Å². The van der Waals surface area contributed by atoms with E-state index < -0.39 is 0 Å². The molecular weight excluding hydrogens is 244 g/mol. The second kappa shape index (κ2) is 4.72. The number of thioether (sulfide) groups is 1. The standard InChI is InChI=1S/C13H18N4S/c1-9-15-11(17(16-9)13(2,3)4)10-7-6-8-14-12(10)18-5/h6-8H,1-5H3. The second-order valence-corrected chi connectivity index (χ2v) is 5.92. The van der Waals surface area contributed by atoms with Crippen LogP contribution in [-0.4, -0.2) is 26.0 Å². The zero-order chi connectivity index (χ0) is 13.3. The molecule has 18 heavy (non-hydrogen) atoms. The van der Waals surface area contributed by atoms with Gasteiger partial charge in [-0.3, -0.25) is 0 Å². The predicted molar refractivity (Wildman–Crippen MR) is 74.8 cm³/mol. The Kier molecular flexibility index (Phi) is 3.43. The fraction of sp³-hybridized carbons (Fsp3) is 0.462. The Morgan fingerprint density at radius 3 is 2.61 bits per heavy atom. The van der Waals surface area contributed by atoms with Gasteiger partial charge in [-0.2, -0.15) is 5.10 Å². The first-order chi connectivity index (χ1) is 8.43. The fourth-order valence-electron chi connectivity index (χ4n) is 1.78. The minimum absolute atomic E-state index is 0.0951. The van der Waals surface area contributed by atoms with E-state index >= 15 is 0 Å². The summed E-state index contributed by atoms with van der Waals surface area (Å²) >= 11 is 1.63. The molecule has 4 nitrogen and oxygen atoms in total. The molecule has 0 aromatic carbocycles. The molecule has 0 bridgehead atoms. The maximum absolute atomic E-state index is 4.55. The van der Waals surface area contributed by atoms with Gasteiger partial charge in [0.05, 0.1) is 11.1 Å². The van der Waals surface area contributed by atoms with E-state index in [1.807, 2.05) is 30.0 Å². The van der Waals surface area contributed by atoms with Crippen LogP contribution in [0, 0.1) is 6.92 Å². The summed E-state index contributed by atoms with van der Waals surface area (Å²) in [5.41, 5.74) is 0.947. The third-order valence-electron chi connectivity index (χ3n) is 2.55. The summed E-state index contributed by atoms with van der Waals surface area (Å²) in [6.07, 6.45) is 3.83. The molecule has 0 radical (unpaired) electrons. The second-order valence-electron chi connectivity index (χ2n) is 5.13. The van der Waals surface area contributed by atoms with Crippen molar-refractivity contribution in [3.63, 3.8) is 0 Å². The van der Waals surface area contributed by atoms with E-state index in [4.69, 9.17) is 0 Å². The van der Waals surface area contributed by atoms with Crippen LogP contribution in [0.2, 0.25) is 0 Å². The SMILES string of the molecule is CSc1ncccc1-c1nc(C)nn1C(C)(C)C. The van der Waals surface area contributed by atoms with Gasteiger partial charge in [0.2, 0.25) is 0 Å². The molecule has 0 N–H and O–H groups in total. The lowest BCUT2D eigenvalue weighted by Crippen LogP contribution is -2.24. The topological polar surface area (TPSA) is 43.6 Å². The molecule has 2 heterocycles. The van der Waals surface area contributed by atoms with Crippen molar-refractivity contribution in [1.29, 1.82) is 0 Å². The van der Waals surface area contributed by atoms with Crippen LogP contribution in [0.3, 0.4) is 0 Å².